The second-order valence-corrected chi connectivity index (χ2v) is 8.73. The molecule has 1 saturated heterocycles. The fourth-order valence-corrected chi connectivity index (χ4v) is 5.45. The van der Waals surface area contributed by atoms with E-state index < -0.39 is 17.5 Å². The molecule has 4 rings (SSSR count). The predicted molar refractivity (Wildman–Crippen MR) is 109 cm³/mol. The van der Waals surface area contributed by atoms with Gasteiger partial charge in [0, 0.05) is 10.4 Å². The van der Waals surface area contributed by atoms with Gasteiger partial charge in [0.05, 0.1) is 10.7 Å². The number of nitrogens with one attached hydrogen (secondary N) is 2. The van der Waals surface area contributed by atoms with Crippen molar-refractivity contribution in [1.29, 1.82) is 0 Å². The van der Waals surface area contributed by atoms with Crippen LogP contribution in [0.1, 0.15) is 34.4 Å². The minimum Gasteiger partial charge on any atom is -0.323 e. The fraction of sp³-hybridized carbons (Fsp3) is 0.350. The standard InChI is InChI=1S/C20H20ClN3O3S/c1-11-8-12(2)17(14(21)9-11)22-16(25)10-24-18(26)20(23-19(24)27)6-3-4-15-13(20)5-7-28-15/h5,7-9H,3-4,6,10H2,1-2H3,(H,22,25)(H,23,27). The van der Waals surface area contributed by atoms with Crippen LogP contribution in [-0.2, 0) is 21.5 Å². The van der Waals surface area contributed by atoms with Crippen molar-refractivity contribution in [3.63, 3.8) is 0 Å². The van der Waals surface area contributed by atoms with Crippen LogP contribution in [0.25, 0.3) is 0 Å². The van der Waals surface area contributed by atoms with E-state index in [4.69, 9.17) is 11.6 Å². The zero-order chi connectivity index (χ0) is 20.1. The number of imide groups is 1. The van der Waals surface area contributed by atoms with Crippen LogP contribution in [0.2, 0.25) is 5.02 Å². The van der Waals surface area contributed by atoms with Crippen molar-refractivity contribution in [2.75, 3.05) is 11.9 Å². The molecule has 146 valence electrons. The Kier molecular flexibility index (Phi) is 4.67. The molecule has 28 heavy (non-hydrogen) atoms. The number of rotatable bonds is 3. The Labute approximate surface area is 171 Å². The first kappa shape index (κ1) is 19.0. The van der Waals surface area contributed by atoms with Crippen LogP contribution in [0.4, 0.5) is 10.5 Å². The normalized spacial score (nSPS) is 21.0. The van der Waals surface area contributed by atoms with E-state index in [9.17, 15) is 14.4 Å². The van der Waals surface area contributed by atoms with Crippen molar-refractivity contribution in [2.24, 2.45) is 0 Å². The van der Waals surface area contributed by atoms with Crippen molar-refractivity contribution in [1.82, 2.24) is 10.2 Å². The molecule has 1 aromatic heterocycles. The molecule has 1 aliphatic heterocycles. The molecule has 1 atom stereocenters. The van der Waals surface area contributed by atoms with Crippen LogP contribution in [0, 0.1) is 13.8 Å². The van der Waals surface area contributed by atoms with E-state index in [2.05, 4.69) is 10.6 Å². The number of hydrogen-bond acceptors (Lipinski definition) is 4. The van der Waals surface area contributed by atoms with Crippen molar-refractivity contribution < 1.29 is 14.4 Å². The summed E-state index contributed by atoms with van der Waals surface area (Å²) in [5.74, 6) is -0.825. The van der Waals surface area contributed by atoms with Crippen molar-refractivity contribution in [2.45, 2.75) is 38.6 Å². The summed E-state index contributed by atoms with van der Waals surface area (Å²) >= 11 is 7.83. The maximum atomic E-state index is 13.2. The van der Waals surface area contributed by atoms with Gasteiger partial charge in [-0.15, -0.1) is 11.3 Å². The minimum absolute atomic E-state index is 0.352. The molecule has 8 heteroatoms. The Morgan fingerprint density at radius 2 is 2.14 bits per heavy atom. The number of nitrogens with zero attached hydrogens (tertiary/aromatic N) is 1. The Balaban J connectivity index is 1.55. The molecule has 4 amide bonds. The molecule has 2 N–H and O–H groups in total. The molecule has 1 unspecified atom stereocenters. The molecule has 1 fully saturated rings. The van der Waals surface area contributed by atoms with Gasteiger partial charge < -0.3 is 10.6 Å². The maximum absolute atomic E-state index is 13.2. The van der Waals surface area contributed by atoms with Crippen LogP contribution >= 0.6 is 22.9 Å². The highest BCUT2D eigenvalue weighted by atomic mass is 35.5. The largest absolute Gasteiger partial charge is 0.325 e. The Morgan fingerprint density at radius 1 is 1.36 bits per heavy atom. The Hall–Kier alpha value is -2.38. The third-order valence-corrected chi connectivity index (χ3v) is 6.61. The van der Waals surface area contributed by atoms with E-state index in [1.807, 2.05) is 31.4 Å². The summed E-state index contributed by atoms with van der Waals surface area (Å²) in [6, 6.07) is 5.03. The van der Waals surface area contributed by atoms with Gasteiger partial charge in [-0.1, -0.05) is 17.7 Å². The van der Waals surface area contributed by atoms with Crippen molar-refractivity contribution in [3.8, 4) is 0 Å². The molecule has 2 aromatic rings. The zero-order valence-electron chi connectivity index (χ0n) is 15.6. The average Bonchev–Trinajstić information content (AvgIpc) is 3.19. The van der Waals surface area contributed by atoms with Gasteiger partial charge in [-0.25, -0.2) is 4.79 Å². The first-order valence-electron chi connectivity index (χ1n) is 9.09. The highest BCUT2D eigenvalue weighted by molar-refractivity contribution is 7.10. The van der Waals surface area contributed by atoms with Gasteiger partial charge in [-0.2, -0.15) is 0 Å². The van der Waals surface area contributed by atoms with E-state index in [1.54, 1.807) is 17.4 Å². The number of thiophene rings is 1. The lowest BCUT2D eigenvalue weighted by molar-refractivity contribution is -0.134. The van der Waals surface area contributed by atoms with Gasteiger partial charge in [-0.05, 0) is 61.7 Å². The summed E-state index contributed by atoms with van der Waals surface area (Å²) in [7, 11) is 0. The molecule has 2 heterocycles. The molecule has 0 radical (unpaired) electrons. The Bertz CT molecular complexity index is 979. The molecule has 2 aliphatic rings. The van der Waals surface area contributed by atoms with Gasteiger partial charge >= 0.3 is 6.03 Å². The molecule has 1 aliphatic carbocycles. The van der Waals surface area contributed by atoms with E-state index in [-0.39, 0.29) is 12.5 Å². The second-order valence-electron chi connectivity index (χ2n) is 7.32. The number of carbonyl (C=O) groups is 3. The summed E-state index contributed by atoms with van der Waals surface area (Å²) in [6.07, 6.45) is 2.27. The van der Waals surface area contributed by atoms with Crippen molar-refractivity contribution >= 4 is 46.5 Å². The van der Waals surface area contributed by atoms with Crippen LogP contribution in [0.3, 0.4) is 0 Å². The van der Waals surface area contributed by atoms with Gasteiger partial charge in [0.15, 0.2) is 0 Å². The van der Waals surface area contributed by atoms with Gasteiger partial charge in [0.1, 0.15) is 12.1 Å². The van der Waals surface area contributed by atoms with Gasteiger partial charge in [0.25, 0.3) is 5.91 Å². The molecule has 6 nitrogen and oxygen atoms in total. The van der Waals surface area contributed by atoms with Crippen LogP contribution in [0.5, 0.6) is 0 Å². The smallest absolute Gasteiger partial charge is 0.323 e. The van der Waals surface area contributed by atoms with Crippen molar-refractivity contribution in [3.05, 3.63) is 50.2 Å². The molecular formula is C20H20ClN3O3S. The molecule has 1 aromatic carbocycles. The summed E-state index contributed by atoms with van der Waals surface area (Å²) in [4.78, 5) is 40.4. The number of benzene rings is 1. The second kappa shape index (κ2) is 6.90. The summed E-state index contributed by atoms with van der Waals surface area (Å²) in [5, 5.41) is 7.95. The maximum Gasteiger partial charge on any atom is 0.325 e. The monoisotopic (exact) mass is 417 g/mol. The number of carbonyl (C=O) groups excluding carboxylic acids is 3. The van der Waals surface area contributed by atoms with E-state index >= 15 is 0 Å². The fourth-order valence-electron chi connectivity index (χ4n) is 4.08. The van der Waals surface area contributed by atoms with E-state index in [1.165, 1.54) is 0 Å². The number of hydrogen-bond donors (Lipinski definition) is 2. The lowest BCUT2D eigenvalue weighted by Crippen LogP contribution is -2.46. The number of halogens is 1. The number of fused-ring (bicyclic) bond motifs is 2. The van der Waals surface area contributed by atoms with E-state index in [0.29, 0.717) is 17.1 Å². The summed E-state index contributed by atoms with van der Waals surface area (Å²) < 4.78 is 0. The number of urea groups is 1. The lowest BCUT2D eigenvalue weighted by Gasteiger charge is -2.31. The molecule has 0 saturated carbocycles. The number of anilines is 1. The van der Waals surface area contributed by atoms with Gasteiger partial charge in [0.2, 0.25) is 5.91 Å². The van der Waals surface area contributed by atoms with Crippen LogP contribution in [0.15, 0.2) is 23.6 Å². The third kappa shape index (κ3) is 2.99. The SMILES string of the molecule is Cc1cc(C)c(NC(=O)CN2C(=O)NC3(CCCc4sccc43)C2=O)c(Cl)c1. The quantitative estimate of drug-likeness (QED) is 0.746. The topological polar surface area (TPSA) is 78.5 Å². The molecule has 1 spiro atoms. The number of amides is 4. The average molecular weight is 418 g/mol. The van der Waals surface area contributed by atoms with Crippen LogP contribution in [-0.4, -0.2) is 29.3 Å². The summed E-state index contributed by atoms with van der Waals surface area (Å²) in [5.41, 5.74) is 2.13. The third-order valence-electron chi connectivity index (χ3n) is 5.33. The van der Waals surface area contributed by atoms with Gasteiger partial charge in [-0.3, -0.25) is 14.5 Å². The molecule has 0 bridgehead atoms. The first-order valence-corrected chi connectivity index (χ1v) is 10.3. The molecular weight excluding hydrogens is 398 g/mol. The van der Waals surface area contributed by atoms with Crippen LogP contribution < -0.4 is 10.6 Å². The minimum atomic E-state index is -1.04. The summed E-state index contributed by atoms with van der Waals surface area (Å²) in [6.45, 7) is 3.41. The number of aryl methyl sites for hydroxylation is 3. The zero-order valence-corrected chi connectivity index (χ0v) is 17.2. The Morgan fingerprint density at radius 3 is 2.89 bits per heavy atom. The highest BCUT2D eigenvalue weighted by Gasteiger charge is 2.54. The first-order chi connectivity index (χ1) is 13.3. The lowest BCUT2D eigenvalue weighted by atomic mass is 9.80. The highest BCUT2D eigenvalue weighted by Crippen LogP contribution is 2.42. The predicted octanol–water partition coefficient (Wildman–Crippen LogP) is 3.74. The van der Waals surface area contributed by atoms with E-state index in [0.717, 1.165) is 39.3 Å².